The van der Waals surface area contributed by atoms with Crippen LogP contribution in [0.3, 0.4) is 0 Å². The number of hydrogen-bond donors (Lipinski definition) is 2. The van der Waals surface area contributed by atoms with E-state index >= 15 is 0 Å². The number of carbonyl (C=O) groups excluding carboxylic acids is 3. The number of carbonyl (C=O) groups is 3. The number of hydrogen-bond acceptors (Lipinski definition) is 7. The number of amides is 2. The van der Waals surface area contributed by atoms with E-state index in [0.717, 1.165) is 5.56 Å². The maximum Gasteiger partial charge on any atom is 0.344 e. The molecule has 2 aromatic carbocycles. The van der Waals surface area contributed by atoms with E-state index in [1.807, 2.05) is 41.6 Å². The van der Waals surface area contributed by atoms with E-state index in [2.05, 4.69) is 15.8 Å². The number of aryl methyl sites for hydroxylation is 1. The monoisotopic (exact) mass is 567 g/mol. The van der Waals surface area contributed by atoms with Crippen molar-refractivity contribution in [2.45, 2.75) is 26.7 Å². The molecule has 0 aliphatic rings. The summed E-state index contributed by atoms with van der Waals surface area (Å²) in [6.45, 7) is 3.72. The highest BCUT2D eigenvalue weighted by molar-refractivity contribution is 14.1. The van der Waals surface area contributed by atoms with Crippen LogP contribution in [0.25, 0.3) is 0 Å². The predicted molar refractivity (Wildman–Crippen MR) is 133 cm³/mol. The summed E-state index contributed by atoms with van der Waals surface area (Å²) in [4.78, 5) is 35.5. The number of nitrogens with zero attached hydrogens (tertiary/aromatic N) is 1. The Morgan fingerprint density at radius 1 is 1.09 bits per heavy atom. The molecule has 176 valence electrons. The zero-order valence-corrected chi connectivity index (χ0v) is 20.8. The average Bonchev–Trinajstić information content (AvgIpc) is 2.78. The van der Waals surface area contributed by atoms with Crippen LogP contribution < -0.4 is 20.2 Å². The molecule has 0 radical (unpaired) electrons. The van der Waals surface area contributed by atoms with Gasteiger partial charge in [0.2, 0.25) is 11.8 Å². The van der Waals surface area contributed by atoms with Gasteiger partial charge in [-0.25, -0.2) is 10.2 Å². The van der Waals surface area contributed by atoms with Crippen LogP contribution in [0.1, 0.15) is 30.9 Å². The number of halogens is 1. The van der Waals surface area contributed by atoms with Crippen molar-refractivity contribution < 1.29 is 28.6 Å². The number of ether oxygens (including phenoxy) is 3. The molecule has 0 aromatic heterocycles. The molecule has 2 N–H and O–H groups in total. The Bertz CT molecular complexity index is 1010. The Morgan fingerprint density at radius 2 is 1.79 bits per heavy atom. The van der Waals surface area contributed by atoms with Gasteiger partial charge >= 0.3 is 5.97 Å². The van der Waals surface area contributed by atoms with Crippen LogP contribution >= 0.6 is 22.6 Å². The van der Waals surface area contributed by atoms with Crippen LogP contribution in [0.5, 0.6) is 11.5 Å². The van der Waals surface area contributed by atoms with Crippen molar-refractivity contribution >= 4 is 52.3 Å². The minimum atomic E-state index is -0.476. The van der Waals surface area contributed by atoms with Crippen molar-refractivity contribution in [2.75, 3.05) is 25.6 Å². The van der Waals surface area contributed by atoms with Gasteiger partial charge in [0.1, 0.15) is 0 Å². The Kier molecular flexibility index (Phi) is 10.6. The van der Waals surface area contributed by atoms with Gasteiger partial charge in [0.25, 0.3) is 0 Å². The zero-order chi connectivity index (χ0) is 24.2. The predicted octanol–water partition coefficient (Wildman–Crippen LogP) is 3.42. The third-order valence-electron chi connectivity index (χ3n) is 4.21. The van der Waals surface area contributed by atoms with Gasteiger partial charge in [-0.1, -0.05) is 17.7 Å². The van der Waals surface area contributed by atoms with Gasteiger partial charge in [-0.3, -0.25) is 9.59 Å². The van der Waals surface area contributed by atoms with Crippen molar-refractivity contribution in [3.63, 3.8) is 0 Å². The summed E-state index contributed by atoms with van der Waals surface area (Å²) in [7, 11) is 1.48. The molecule has 0 saturated carbocycles. The van der Waals surface area contributed by atoms with E-state index in [4.69, 9.17) is 14.2 Å². The minimum Gasteiger partial charge on any atom is -0.493 e. The van der Waals surface area contributed by atoms with E-state index in [1.165, 1.54) is 13.3 Å². The molecule has 0 unspecified atom stereocenters. The molecule has 0 aliphatic heterocycles. The molecule has 9 nitrogen and oxygen atoms in total. The number of nitrogens with one attached hydrogen (secondary N) is 2. The number of hydrazone groups is 1. The fourth-order valence-electron chi connectivity index (χ4n) is 2.61. The summed E-state index contributed by atoms with van der Waals surface area (Å²) in [5.41, 5.74) is 4.82. The fraction of sp³-hybridized carbons (Fsp3) is 0.304. The first-order chi connectivity index (χ1) is 15.8. The maximum atomic E-state index is 12.0. The van der Waals surface area contributed by atoms with Gasteiger partial charge in [-0.15, -0.1) is 0 Å². The number of methoxy groups -OCH3 is 1. The van der Waals surface area contributed by atoms with E-state index in [0.29, 0.717) is 26.3 Å². The second-order valence-electron chi connectivity index (χ2n) is 6.84. The molecule has 0 fully saturated rings. The van der Waals surface area contributed by atoms with E-state index in [1.54, 1.807) is 31.2 Å². The smallest absolute Gasteiger partial charge is 0.344 e. The lowest BCUT2D eigenvalue weighted by Gasteiger charge is -2.13. The van der Waals surface area contributed by atoms with Gasteiger partial charge in [0.15, 0.2) is 18.1 Å². The fourth-order valence-corrected chi connectivity index (χ4v) is 3.39. The van der Waals surface area contributed by atoms with Crippen LogP contribution in [0.2, 0.25) is 0 Å². The molecular formula is C23H26IN3O6. The Morgan fingerprint density at radius 3 is 2.45 bits per heavy atom. The number of benzene rings is 2. The Hall–Kier alpha value is -3.15. The molecule has 2 amide bonds. The summed E-state index contributed by atoms with van der Waals surface area (Å²) in [5, 5.41) is 6.67. The number of esters is 1. The van der Waals surface area contributed by atoms with Crippen LogP contribution in [0.15, 0.2) is 41.5 Å². The quantitative estimate of drug-likeness (QED) is 0.186. The zero-order valence-electron chi connectivity index (χ0n) is 18.6. The molecule has 0 atom stereocenters. The van der Waals surface area contributed by atoms with Crippen molar-refractivity contribution in [1.82, 2.24) is 5.43 Å². The number of anilines is 1. The highest BCUT2D eigenvalue weighted by atomic mass is 127. The molecule has 0 saturated heterocycles. The number of rotatable bonds is 11. The minimum absolute atomic E-state index is 0.00344. The van der Waals surface area contributed by atoms with Crippen LogP contribution in [0.4, 0.5) is 5.69 Å². The highest BCUT2D eigenvalue weighted by Crippen LogP contribution is 2.33. The van der Waals surface area contributed by atoms with Gasteiger partial charge < -0.3 is 19.5 Å². The van der Waals surface area contributed by atoms with E-state index in [9.17, 15) is 14.4 Å². The second-order valence-corrected chi connectivity index (χ2v) is 8.00. The summed E-state index contributed by atoms with van der Waals surface area (Å²) < 4.78 is 16.4. The normalized spacial score (nSPS) is 10.5. The standard InChI is InChI=1S/C23H26IN3O6/c1-4-32-22(30)14-33-23-18(24)11-16(12-19(23)31-3)13-25-27-21(29)10-9-20(28)26-17-7-5-15(2)6-8-17/h5-8,11-13H,4,9-10,14H2,1-3H3,(H,26,28)(H,27,29). The van der Waals surface area contributed by atoms with Crippen molar-refractivity contribution in [3.05, 3.63) is 51.1 Å². The van der Waals surface area contributed by atoms with Crippen molar-refractivity contribution in [1.29, 1.82) is 0 Å². The maximum absolute atomic E-state index is 12.0. The summed E-state index contributed by atoms with van der Waals surface area (Å²) in [6, 6.07) is 10.8. The van der Waals surface area contributed by atoms with Gasteiger partial charge in [-0.2, -0.15) is 5.10 Å². The Balaban J connectivity index is 1.86. The van der Waals surface area contributed by atoms with Crippen LogP contribution in [-0.2, 0) is 19.1 Å². The second kappa shape index (κ2) is 13.4. The summed E-state index contributed by atoms with van der Waals surface area (Å²) in [5.74, 6) is -0.299. The summed E-state index contributed by atoms with van der Waals surface area (Å²) >= 11 is 2.05. The first-order valence-electron chi connectivity index (χ1n) is 10.2. The third kappa shape index (κ3) is 9.08. The SMILES string of the molecule is CCOC(=O)COc1c(I)cc(C=NNC(=O)CCC(=O)Nc2ccc(C)cc2)cc1OC. The van der Waals surface area contributed by atoms with Crippen molar-refractivity contribution in [3.8, 4) is 11.5 Å². The van der Waals surface area contributed by atoms with Crippen LogP contribution in [-0.4, -0.2) is 44.3 Å². The van der Waals surface area contributed by atoms with E-state index in [-0.39, 0.29) is 37.9 Å². The highest BCUT2D eigenvalue weighted by Gasteiger charge is 2.14. The lowest BCUT2D eigenvalue weighted by molar-refractivity contribution is -0.145. The molecule has 0 heterocycles. The molecular weight excluding hydrogens is 541 g/mol. The Labute approximate surface area is 206 Å². The molecule has 10 heteroatoms. The lowest BCUT2D eigenvalue weighted by Crippen LogP contribution is -2.20. The van der Waals surface area contributed by atoms with E-state index < -0.39 is 5.97 Å². The van der Waals surface area contributed by atoms with Gasteiger partial charge in [0, 0.05) is 18.5 Å². The van der Waals surface area contributed by atoms with Crippen LogP contribution in [0, 0.1) is 10.5 Å². The first kappa shape index (κ1) is 26.1. The van der Waals surface area contributed by atoms with Gasteiger partial charge in [-0.05, 0) is 66.3 Å². The molecule has 33 heavy (non-hydrogen) atoms. The molecule has 2 rings (SSSR count). The topological polar surface area (TPSA) is 115 Å². The molecule has 0 spiro atoms. The third-order valence-corrected chi connectivity index (χ3v) is 5.01. The van der Waals surface area contributed by atoms with Crippen molar-refractivity contribution in [2.24, 2.45) is 5.10 Å². The van der Waals surface area contributed by atoms with Gasteiger partial charge in [0.05, 0.1) is 23.5 Å². The largest absolute Gasteiger partial charge is 0.493 e. The molecule has 0 bridgehead atoms. The first-order valence-corrected chi connectivity index (χ1v) is 11.2. The average molecular weight is 567 g/mol. The molecule has 2 aromatic rings. The lowest BCUT2D eigenvalue weighted by atomic mass is 10.2. The summed E-state index contributed by atoms with van der Waals surface area (Å²) in [6.07, 6.45) is 1.48. The molecule has 0 aliphatic carbocycles.